The maximum Gasteiger partial charge on any atom is 0.159 e. The minimum atomic E-state index is -0.348. The maximum atomic E-state index is 9.82. The molecule has 5 nitrogen and oxygen atoms in total. The molecule has 2 aliphatic rings. The molecule has 2 saturated carbocycles. The molecule has 0 radical (unpaired) electrons. The fourth-order valence-electron chi connectivity index (χ4n) is 4.23. The van der Waals surface area contributed by atoms with Crippen LogP contribution in [0.25, 0.3) is 16.7 Å². The average Bonchev–Trinajstić information content (AvgIpc) is 3.23. The van der Waals surface area contributed by atoms with Crippen LogP contribution in [0.4, 0.5) is 0 Å². The zero-order valence-electron chi connectivity index (χ0n) is 13.8. The molecule has 1 spiro atoms. The first-order valence-corrected chi connectivity index (χ1v) is 8.82. The summed E-state index contributed by atoms with van der Waals surface area (Å²) < 4.78 is 1.77. The van der Waals surface area contributed by atoms with Crippen LogP contribution in [-0.2, 0) is 5.41 Å². The fourth-order valence-corrected chi connectivity index (χ4v) is 4.45. The number of halogens is 1. The molecule has 2 aromatic heterocycles. The van der Waals surface area contributed by atoms with E-state index in [1.165, 1.54) is 12.8 Å². The Balaban J connectivity index is 1.63. The first kappa shape index (κ1) is 14.9. The van der Waals surface area contributed by atoms with Crippen molar-refractivity contribution in [3.63, 3.8) is 0 Å². The van der Waals surface area contributed by atoms with Crippen molar-refractivity contribution >= 4 is 22.5 Å². The topological polar surface area (TPSA) is 67.4 Å². The van der Waals surface area contributed by atoms with E-state index < -0.39 is 0 Å². The molecule has 6 heteroatoms. The minimum absolute atomic E-state index is 0.348. The van der Waals surface area contributed by atoms with Crippen LogP contribution in [-0.4, -0.2) is 19.7 Å². The summed E-state index contributed by atoms with van der Waals surface area (Å²) in [7, 11) is 0. The van der Waals surface area contributed by atoms with Gasteiger partial charge in [-0.15, -0.1) is 0 Å². The second-order valence-electron chi connectivity index (χ2n) is 7.47. The van der Waals surface area contributed by atoms with E-state index in [1.807, 2.05) is 12.3 Å². The van der Waals surface area contributed by atoms with Crippen molar-refractivity contribution in [1.82, 2.24) is 19.7 Å². The molecule has 2 fully saturated rings. The lowest BCUT2D eigenvalue weighted by Crippen LogP contribution is -2.41. The van der Waals surface area contributed by atoms with Crippen LogP contribution in [0.3, 0.4) is 0 Å². The van der Waals surface area contributed by atoms with Crippen molar-refractivity contribution in [3.8, 4) is 11.9 Å². The van der Waals surface area contributed by atoms with Crippen LogP contribution in [0.1, 0.15) is 37.1 Å². The van der Waals surface area contributed by atoms with E-state index in [1.54, 1.807) is 17.7 Å². The van der Waals surface area contributed by atoms with Crippen molar-refractivity contribution in [1.29, 1.82) is 5.26 Å². The zero-order valence-corrected chi connectivity index (χ0v) is 14.6. The van der Waals surface area contributed by atoms with Crippen LogP contribution < -0.4 is 0 Å². The summed E-state index contributed by atoms with van der Waals surface area (Å²) in [5.74, 6) is 1.24. The molecule has 0 bridgehead atoms. The monoisotopic (exact) mass is 349 g/mol. The molecule has 0 atom stereocenters. The molecule has 0 saturated heterocycles. The highest BCUT2D eigenvalue weighted by atomic mass is 35.5. The lowest BCUT2D eigenvalue weighted by molar-refractivity contribution is 0.173. The molecule has 0 amide bonds. The number of rotatable bonds is 2. The number of hydrogen-bond acceptors (Lipinski definition) is 4. The van der Waals surface area contributed by atoms with E-state index in [2.05, 4.69) is 33.3 Å². The van der Waals surface area contributed by atoms with Crippen molar-refractivity contribution < 1.29 is 0 Å². The molecule has 0 N–H and O–H groups in total. The van der Waals surface area contributed by atoms with Gasteiger partial charge in [-0.2, -0.15) is 10.4 Å². The van der Waals surface area contributed by atoms with Gasteiger partial charge < -0.3 is 0 Å². The molecule has 2 heterocycles. The highest BCUT2D eigenvalue weighted by molar-refractivity contribution is 6.29. The highest BCUT2D eigenvalue weighted by Crippen LogP contribution is 2.68. The van der Waals surface area contributed by atoms with Gasteiger partial charge in [0.1, 0.15) is 11.0 Å². The summed E-state index contributed by atoms with van der Waals surface area (Å²) >= 11 is 6.08. The van der Waals surface area contributed by atoms with Crippen LogP contribution in [0.2, 0.25) is 5.15 Å². The Labute approximate surface area is 150 Å². The number of hydrogen-bond donors (Lipinski definition) is 0. The van der Waals surface area contributed by atoms with E-state index in [9.17, 15) is 5.26 Å². The van der Waals surface area contributed by atoms with Crippen molar-refractivity contribution in [3.05, 3.63) is 47.0 Å². The average molecular weight is 350 g/mol. The van der Waals surface area contributed by atoms with Crippen LogP contribution in [0, 0.1) is 23.7 Å². The quantitative estimate of drug-likeness (QED) is 0.653. The van der Waals surface area contributed by atoms with E-state index in [4.69, 9.17) is 11.6 Å². The van der Waals surface area contributed by atoms with Crippen molar-refractivity contribution in [2.75, 3.05) is 0 Å². The van der Waals surface area contributed by atoms with Gasteiger partial charge in [-0.3, -0.25) is 0 Å². The van der Waals surface area contributed by atoms with Crippen molar-refractivity contribution in [2.45, 2.75) is 38.0 Å². The van der Waals surface area contributed by atoms with E-state index in [0.29, 0.717) is 22.2 Å². The normalized spacial score (nSPS) is 19.6. The summed E-state index contributed by atoms with van der Waals surface area (Å²) in [6.07, 6.45) is 6.32. The number of nitrogens with zero attached hydrogens (tertiary/aromatic N) is 5. The lowest BCUT2D eigenvalue weighted by Gasteiger charge is -2.44. The first-order valence-electron chi connectivity index (χ1n) is 8.44. The van der Waals surface area contributed by atoms with Crippen LogP contribution in [0.15, 0.2) is 30.5 Å². The summed E-state index contributed by atoms with van der Waals surface area (Å²) in [6.45, 7) is 1.81. The predicted molar refractivity (Wildman–Crippen MR) is 94.6 cm³/mol. The third kappa shape index (κ3) is 2.17. The van der Waals surface area contributed by atoms with Gasteiger partial charge in [-0.1, -0.05) is 23.7 Å². The van der Waals surface area contributed by atoms with Gasteiger partial charge >= 0.3 is 0 Å². The largest absolute Gasteiger partial charge is 0.221 e. The van der Waals surface area contributed by atoms with Crippen LogP contribution in [0.5, 0.6) is 0 Å². The SMILES string of the molecule is Cc1nc(Cl)cc(-n2ncc3ccc(C4(C#N)CC5(CC5)C4)cc32)n1. The van der Waals surface area contributed by atoms with E-state index >= 15 is 0 Å². The van der Waals surface area contributed by atoms with Crippen LogP contribution >= 0.6 is 11.6 Å². The Morgan fingerprint density at radius 3 is 2.68 bits per heavy atom. The summed E-state index contributed by atoms with van der Waals surface area (Å²) in [6, 6.07) is 10.5. The molecule has 124 valence electrons. The number of aryl methyl sites for hydroxylation is 1. The Morgan fingerprint density at radius 2 is 2.00 bits per heavy atom. The van der Waals surface area contributed by atoms with E-state index in [-0.39, 0.29) is 5.41 Å². The Bertz CT molecular complexity index is 1030. The van der Waals surface area contributed by atoms with Gasteiger partial charge in [0.15, 0.2) is 5.82 Å². The molecule has 0 unspecified atom stereocenters. The first-order chi connectivity index (χ1) is 12.0. The summed E-state index contributed by atoms with van der Waals surface area (Å²) in [4.78, 5) is 8.56. The van der Waals surface area contributed by atoms with Gasteiger partial charge in [0.05, 0.1) is 23.2 Å². The number of nitriles is 1. The molecule has 5 rings (SSSR count). The molecule has 2 aliphatic carbocycles. The van der Waals surface area contributed by atoms with Gasteiger partial charge in [0.2, 0.25) is 0 Å². The van der Waals surface area contributed by atoms with Gasteiger partial charge in [-0.25, -0.2) is 14.6 Å². The zero-order chi connectivity index (χ0) is 17.2. The van der Waals surface area contributed by atoms with Gasteiger partial charge in [0.25, 0.3) is 0 Å². The van der Waals surface area contributed by atoms with Gasteiger partial charge in [-0.05, 0) is 49.7 Å². The van der Waals surface area contributed by atoms with Gasteiger partial charge in [0, 0.05) is 11.5 Å². The third-order valence-corrected chi connectivity index (χ3v) is 5.85. The standard InChI is InChI=1S/C19H16ClN5/c1-12-23-16(20)7-17(24-12)25-15-6-14(3-2-13(15)8-22-25)19(11-21)9-18(10-19)4-5-18/h2-3,6-8H,4-5,9-10H2,1H3. The summed E-state index contributed by atoms with van der Waals surface area (Å²) in [5.41, 5.74) is 2.14. The second kappa shape index (κ2) is 4.80. The smallest absolute Gasteiger partial charge is 0.159 e. The Kier molecular flexibility index (Phi) is 2.85. The fraction of sp³-hybridized carbons (Fsp3) is 0.368. The van der Waals surface area contributed by atoms with Crippen molar-refractivity contribution in [2.24, 2.45) is 5.41 Å². The molecule has 25 heavy (non-hydrogen) atoms. The predicted octanol–water partition coefficient (Wildman–Crippen LogP) is 4.11. The Morgan fingerprint density at radius 1 is 1.20 bits per heavy atom. The lowest BCUT2D eigenvalue weighted by atomic mass is 9.57. The number of aromatic nitrogens is 4. The molecule has 1 aromatic carbocycles. The minimum Gasteiger partial charge on any atom is -0.221 e. The molecule has 3 aromatic rings. The number of fused-ring (bicyclic) bond motifs is 1. The number of benzene rings is 1. The highest BCUT2D eigenvalue weighted by Gasteiger charge is 2.61. The Hall–Kier alpha value is -2.45. The molecular formula is C19H16ClN5. The second-order valence-corrected chi connectivity index (χ2v) is 7.86. The third-order valence-electron chi connectivity index (χ3n) is 5.66. The molecular weight excluding hydrogens is 334 g/mol. The molecule has 0 aliphatic heterocycles. The van der Waals surface area contributed by atoms with E-state index in [0.717, 1.165) is 29.3 Å². The maximum absolute atomic E-state index is 9.82. The summed E-state index contributed by atoms with van der Waals surface area (Å²) in [5, 5.41) is 15.7.